The summed E-state index contributed by atoms with van der Waals surface area (Å²) in [5.41, 5.74) is 0. The minimum Gasteiger partial charge on any atom is -0.0901 e. The lowest BCUT2D eigenvalue weighted by molar-refractivity contribution is 1.41. The molecular weight excluding hydrogens is 276 g/mol. The molecule has 0 amide bonds. The molecule has 92 valence electrons. The molecule has 0 atom stereocenters. The van der Waals surface area contributed by atoms with Gasteiger partial charge in [-0.3, -0.25) is 0 Å². The lowest BCUT2D eigenvalue weighted by atomic mass is 10.4. The van der Waals surface area contributed by atoms with Crippen LogP contribution in [0.4, 0.5) is 0 Å². The highest BCUT2D eigenvalue weighted by molar-refractivity contribution is 8.78. The third-order valence-corrected chi connectivity index (χ3v) is 5.04. The van der Waals surface area contributed by atoms with E-state index in [4.69, 9.17) is 0 Å². The number of rotatable bonds is 2. The summed E-state index contributed by atoms with van der Waals surface area (Å²) in [6.07, 6.45) is 2.16. The van der Waals surface area contributed by atoms with Crippen LogP contribution in [-0.2, 0) is 0 Å². The van der Waals surface area contributed by atoms with Crippen molar-refractivity contribution in [2.24, 2.45) is 0 Å². The SMILES string of the molecule is C1=CSSC1.c1ccc(Sc2ccccc2)cc1. The number of hydrogen-bond donors (Lipinski definition) is 0. The van der Waals surface area contributed by atoms with E-state index in [1.807, 2.05) is 33.7 Å². The third kappa shape index (κ3) is 5.25. The highest BCUT2D eigenvalue weighted by atomic mass is 33.1. The van der Waals surface area contributed by atoms with Crippen molar-refractivity contribution in [2.45, 2.75) is 9.79 Å². The van der Waals surface area contributed by atoms with Gasteiger partial charge in [0.15, 0.2) is 0 Å². The van der Waals surface area contributed by atoms with E-state index in [0.717, 1.165) is 0 Å². The lowest BCUT2D eigenvalue weighted by Crippen LogP contribution is -1.70. The first-order valence-electron chi connectivity index (χ1n) is 5.66. The summed E-state index contributed by atoms with van der Waals surface area (Å²) < 4.78 is 0. The second-order valence-corrected chi connectivity index (χ2v) is 6.95. The van der Waals surface area contributed by atoms with Crippen LogP contribution in [0, 0.1) is 0 Å². The molecule has 0 bridgehead atoms. The number of hydrogen-bond acceptors (Lipinski definition) is 3. The summed E-state index contributed by atoms with van der Waals surface area (Å²) in [4.78, 5) is 2.57. The Morgan fingerprint density at radius 3 is 1.67 bits per heavy atom. The van der Waals surface area contributed by atoms with Gasteiger partial charge in [0, 0.05) is 15.5 Å². The molecule has 18 heavy (non-hydrogen) atoms. The molecule has 0 fully saturated rings. The third-order valence-electron chi connectivity index (χ3n) is 2.11. The number of benzene rings is 2. The van der Waals surface area contributed by atoms with Crippen molar-refractivity contribution in [1.29, 1.82) is 0 Å². The monoisotopic (exact) mass is 290 g/mol. The Bertz CT molecular complexity index is 422. The van der Waals surface area contributed by atoms with Crippen LogP contribution in [0.25, 0.3) is 0 Å². The summed E-state index contributed by atoms with van der Waals surface area (Å²) in [6, 6.07) is 20.8. The van der Waals surface area contributed by atoms with Gasteiger partial charge < -0.3 is 0 Å². The van der Waals surface area contributed by atoms with E-state index in [2.05, 4.69) is 60.0 Å². The molecular formula is C15H14S3. The molecule has 0 unspecified atom stereocenters. The fraction of sp³-hybridized carbons (Fsp3) is 0.0667. The zero-order valence-electron chi connectivity index (χ0n) is 9.86. The predicted molar refractivity (Wildman–Crippen MR) is 86.2 cm³/mol. The first-order chi connectivity index (χ1) is 8.95. The van der Waals surface area contributed by atoms with Crippen LogP contribution >= 0.6 is 33.3 Å². The van der Waals surface area contributed by atoms with Gasteiger partial charge in [0.1, 0.15) is 0 Å². The quantitative estimate of drug-likeness (QED) is 0.648. The minimum absolute atomic E-state index is 1.20. The Morgan fingerprint density at radius 2 is 1.33 bits per heavy atom. The Morgan fingerprint density at radius 1 is 0.778 bits per heavy atom. The summed E-state index contributed by atoms with van der Waals surface area (Å²) in [7, 11) is 3.69. The van der Waals surface area contributed by atoms with E-state index in [9.17, 15) is 0 Å². The Kier molecular flexibility index (Phi) is 6.34. The highest BCUT2D eigenvalue weighted by Gasteiger charge is 1.93. The van der Waals surface area contributed by atoms with Gasteiger partial charge in [0.2, 0.25) is 0 Å². The van der Waals surface area contributed by atoms with Gasteiger partial charge in [0.05, 0.1) is 0 Å². The van der Waals surface area contributed by atoms with Crippen molar-refractivity contribution >= 4 is 33.3 Å². The lowest BCUT2D eigenvalue weighted by Gasteiger charge is -1.99. The van der Waals surface area contributed by atoms with Crippen LogP contribution in [0.3, 0.4) is 0 Å². The van der Waals surface area contributed by atoms with Gasteiger partial charge in [-0.2, -0.15) is 0 Å². The van der Waals surface area contributed by atoms with Crippen molar-refractivity contribution in [1.82, 2.24) is 0 Å². The van der Waals surface area contributed by atoms with Crippen molar-refractivity contribution < 1.29 is 0 Å². The molecule has 1 aliphatic rings. The van der Waals surface area contributed by atoms with E-state index in [1.54, 1.807) is 11.8 Å². The van der Waals surface area contributed by atoms with Gasteiger partial charge in [-0.15, -0.1) is 0 Å². The van der Waals surface area contributed by atoms with Crippen LogP contribution in [0.15, 0.2) is 81.9 Å². The average molecular weight is 290 g/mol. The van der Waals surface area contributed by atoms with Crippen LogP contribution in [0.2, 0.25) is 0 Å². The zero-order valence-corrected chi connectivity index (χ0v) is 12.3. The maximum Gasteiger partial charge on any atom is 0.0229 e. The van der Waals surface area contributed by atoms with Gasteiger partial charge in [0.25, 0.3) is 0 Å². The van der Waals surface area contributed by atoms with Crippen molar-refractivity contribution in [2.75, 3.05) is 5.75 Å². The molecule has 3 rings (SSSR count). The average Bonchev–Trinajstić information content (AvgIpc) is 3.00. The standard InChI is InChI=1S/C12H10S.C3H4S2/c1-3-7-11(8-4-1)13-12-9-5-2-6-10-12;1-2-4-5-3-1/h1-10H;1-2H,3H2. The second kappa shape index (κ2) is 8.35. The second-order valence-electron chi connectivity index (χ2n) is 3.48. The van der Waals surface area contributed by atoms with Crippen molar-refractivity contribution in [3.8, 4) is 0 Å². The molecule has 0 N–H and O–H groups in total. The molecule has 0 saturated carbocycles. The molecule has 3 heteroatoms. The molecule has 0 nitrogen and oxygen atoms in total. The van der Waals surface area contributed by atoms with Gasteiger partial charge >= 0.3 is 0 Å². The summed E-state index contributed by atoms with van der Waals surface area (Å²) in [6.45, 7) is 0. The van der Waals surface area contributed by atoms with E-state index < -0.39 is 0 Å². The van der Waals surface area contributed by atoms with Crippen molar-refractivity contribution in [3.63, 3.8) is 0 Å². The molecule has 0 spiro atoms. The largest absolute Gasteiger partial charge is 0.0901 e. The van der Waals surface area contributed by atoms with E-state index >= 15 is 0 Å². The summed E-state index contributed by atoms with van der Waals surface area (Å²) in [5.74, 6) is 1.20. The maximum atomic E-state index is 2.16. The van der Waals surface area contributed by atoms with Crippen LogP contribution < -0.4 is 0 Å². The fourth-order valence-corrected chi connectivity index (χ4v) is 3.74. The first kappa shape index (κ1) is 13.7. The van der Waals surface area contributed by atoms with E-state index in [0.29, 0.717) is 0 Å². The maximum absolute atomic E-state index is 2.16. The Hall–Kier alpha value is -0.770. The smallest absolute Gasteiger partial charge is 0.0229 e. The van der Waals surface area contributed by atoms with Crippen LogP contribution in [0.5, 0.6) is 0 Å². The van der Waals surface area contributed by atoms with E-state index in [1.165, 1.54) is 15.5 Å². The van der Waals surface area contributed by atoms with Gasteiger partial charge in [-0.05, 0) is 29.7 Å². The molecule has 1 aliphatic heterocycles. The highest BCUT2D eigenvalue weighted by Crippen LogP contribution is 2.28. The molecule has 0 saturated heterocycles. The van der Waals surface area contributed by atoms with E-state index in [-0.39, 0.29) is 0 Å². The summed E-state index contributed by atoms with van der Waals surface area (Å²) >= 11 is 1.79. The predicted octanol–water partition coefficient (Wildman–Crippen LogP) is 5.73. The topological polar surface area (TPSA) is 0 Å². The fourth-order valence-electron chi connectivity index (χ4n) is 1.31. The van der Waals surface area contributed by atoms with Crippen LogP contribution in [-0.4, -0.2) is 5.75 Å². The zero-order chi connectivity index (χ0) is 12.5. The van der Waals surface area contributed by atoms with Crippen LogP contribution in [0.1, 0.15) is 0 Å². The summed E-state index contributed by atoms with van der Waals surface area (Å²) in [5, 5.41) is 2.12. The Balaban J connectivity index is 0.000000202. The molecule has 1 heterocycles. The first-order valence-corrected chi connectivity index (χ1v) is 8.86. The Labute approximate surface area is 121 Å². The molecule has 0 radical (unpaired) electrons. The molecule has 2 aromatic rings. The van der Waals surface area contributed by atoms with Gasteiger partial charge in [-0.25, -0.2) is 0 Å². The molecule has 0 aliphatic carbocycles. The van der Waals surface area contributed by atoms with Gasteiger partial charge in [-0.1, -0.05) is 75.8 Å². The normalized spacial score (nSPS) is 12.9. The van der Waals surface area contributed by atoms with Crippen molar-refractivity contribution in [3.05, 3.63) is 72.1 Å². The molecule has 2 aromatic carbocycles. The minimum atomic E-state index is 1.20. The molecule has 0 aromatic heterocycles.